The van der Waals surface area contributed by atoms with Crippen LogP contribution in [0.15, 0.2) is 67.8 Å². The highest BCUT2D eigenvalue weighted by molar-refractivity contribution is 6.16. The maximum Gasteiger partial charge on any atom is 0.244 e. The number of pyridine rings is 1. The van der Waals surface area contributed by atoms with Gasteiger partial charge in [-0.25, -0.2) is 15.0 Å². The third-order valence-electron chi connectivity index (χ3n) is 5.42. The average Bonchev–Trinajstić information content (AvgIpc) is 3.41. The number of ketones is 1. The number of nitrogens with zero attached hydrogens (tertiary/aromatic N) is 6. The lowest BCUT2D eigenvalue weighted by Crippen LogP contribution is -2.18. The summed E-state index contributed by atoms with van der Waals surface area (Å²) in [5.41, 5.74) is 3.71. The topological polar surface area (TPSA) is 108 Å². The third kappa shape index (κ3) is 3.84. The fourth-order valence-corrected chi connectivity index (χ4v) is 3.84. The van der Waals surface area contributed by atoms with E-state index in [1.807, 2.05) is 42.7 Å². The van der Waals surface area contributed by atoms with Crippen molar-refractivity contribution in [1.29, 1.82) is 0 Å². The first-order valence-electron chi connectivity index (χ1n) is 10.5. The quantitative estimate of drug-likeness (QED) is 0.405. The van der Waals surface area contributed by atoms with Gasteiger partial charge in [-0.3, -0.25) is 14.6 Å². The van der Waals surface area contributed by atoms with Crippen LogP contribution in [0.1, 0.15) is 35.8 Å². The predicted molar refractivity (Wildman–Crippen MR) is 124 cm³/mol. The Balaban J connectivity index is 1.39. The lowest BCUT2D eigenvalue weighted by molar-refractivity contribution is -0.116. The molecule has 0 aliphatic heterocycles. The summed E-state index contributed by atoms with van der Waals surface area (Å²) >= 11 is 0. The van der Waals surface area contributed by atoms with Gasteiger partial charge in [0.05, 0.1) is 34.8 Å². The van der Waals surface area contributed by atoms with Gasteiger partial charge in [0.1, 0.15) is 18.5 Å². The number of carbonyl (C=O) groups excluding carboxylic acids is 2. The lowest BCUT2D eigenvalue weighted by Gasteiger charge is -2.08. The molecule has 0 spiro atoms. The maximum absolute atomic E-state index is 13.3. The Morgan fingerprint density at radius 2 is 1.91 bits per heavy atom. The minimum absolute atomic E-state index is 0.0951. The molecule has 5 rings (SSSR count). The van der Waals surface area contributed by atoms with Crippen LogP contribution in [0.4, 0.5) is 5.69 Å². The largest absolute Gasteiger partial charge is 0.329 e. The van der Waals surface area contributed by atoms with Gasteiger partial charge in [-0.05, 0) is 32.0 Å². The van der Waals surface area contributed by atoms with Crippen molar-refractivity contribution in [3.8, 4) is 0 Å². The number of aromatic nitrogens is 6. The van der Waals surface area contributed by atoms with Gasteiger partial charge in [-0.15, -0.1) is 0 Å². The fourth-order valence-electron chi connectivity index (χ4n) is 3.84. The van der Waals surface area contributed by atoms with E-state index in [-0.39, 0.29) is 24.3 Å². The number of nitrogens with one attached hydrogen (secondary N) is 1. The number of rotatable bonds is 6. The van der Waals surface area contributed by atoms with Gasteiger partial charge < -0.3 is 14.5 Å². The van der Waals surface area contributed by atoms with Crippen LogP contribution < -0.4 is 5.32 Å². The molecule has 33 heavy (non-hydrogen) atoms. The molecule has 1 N–H and O–H groups in total. The summed E-state index contributed by atoms with van der Waals surface area (Å²) < 4.78 is 3.71. The molecule has 4 heterocycles. The van der Waals surface area contributed by atoms with E-state index in [4.69, 9.17) is 0 Å². The summed E-state index contributed by atoms with van der Waals surface area (Å²) in [6.07, 6.45) is 9.54. The fraction of sp³-hybridized carbons (Fsp3) is 0.167. The molecule has 9 nitrogen and oxygen atoms in total. The summed E-state index contributed by atoms with van der Waals surface area (Å²) in [7, 11) is 0. The SMILES string of the molecule is CC(C)n1cc(C(=O)c2cncc(NC(=O)Cn3cnc4ccccc43)c2)c2cncnc21. The number of imidazole rings is 1. The van der Waals surface area contributed by atoms with E-state index in [1.165, 1.54) is 18.7 Å². The second kappa shape index (κ2) is 8.27. The Morgan fingerprint density at radius 1 is 1.06 bits per heavy atom. The van der Waals surface area contributed by atoms with Crippen LogP contribution in [0.2, 0.25) is 0 Å². The number of para-hydroxylation sites is 2. The second-order valence-corrected chi connectivity index (χ2v) is 8.00. The second-order valence-electron chi connectivity index (χ2n) is 8.00. The number of anilines is 1. The first-order valence-corrected chi connectivity index (χ1v) is 10.5. The van der Waals surface area contributed by atoms with E-state index in [0.29, 0.717) is 27.8 Å². The van der Waals surface area contributed by atoms with E-state index in [2.05, 4.69) is 25.3 Å². The Kier molecular flexibility index (Phi) is 5.14. The minimum atomic E-state index is -0.241. The highest BCUT2D eigenvalue weighted by atomic mass is 16.2. The van der Waals surface area contributed by atoms with E-state index >= 15 is 0 Å². The molecule has 0 radical (unpaired) electrons. The number of hydrogen-bond donors (Lipinski definition) is 1. The Morgan fingerprint density at radius 3 is 2.76 bits per heavy atom. The monoisotopic (exact) mass is 439 g/mol. The van der Waals surface area contributed by atoms with E-state index in [9.17, 15) is 9.59 Å². The number of benzene rings is 1. The molecule has 0 saturated heterocycles. The van der Waals surface area contributed by atoms with Gasteiger partial charge in [-0.1, -0.05) is 12.1 Å². The summed E-state index contributed by atoms with van der Waals surface area (Å²) in [5, 5.41) is 3.50. The van der Waals surface area contributed by atoms with Gasteiger partial charge in [0, 0.05) is 35.6 Å². The lowest BCUT2D eigenvalue weighted by atomic mass is 10.1. The van der Waals surface area contributed by atoms with Crippen molar-refractivity contribution in [3.63, 3.8) is 0 Å². The van der Waals surface area contributed by atoms with Gasteiger partial charge in [-0.2, -0.15) is 0 Å². The summed E-state index contributed by atoms with van der Waals surface area (Å²) in [5.74, 6) is -0.451. The number of carbonyl (C=O) groups is 2. The molecule has 0 unspecified atom stereocenters. The van der Waals surface area contributed by atoms with Gasteiger partial charge >= 0.3 is 0 Å². The van der Waals surface area contributed by atoms with Crippen molar-refractivity contribution in [3.05, 3.63) is 78.9 Å². The zero-order valence-corrected chi connectivity index (χ0v) is 18.1. The van der Waals surface area contributed by atoms with Gasteiger partial charge in [0.15, 0.2) is 5.78 Å². The van der Waals surface area contributed by atoms with Crippen molar-refractivity contribution >= 4 is 39.4 Å². The molecule has 1 amide bonds. The molecule has 1 aromatic carbocycles. The van der Waals surface area contributed by atoms with E-state index in [1.54, 1.807) is 29.4 Å². The van der Waals surface area contributed by atoms with Crippen LogP contribution in [0, 0.1) is 0 Å². The summed E-state index contributed by atoms with van der Waals surface area (Å²) in [6, 6.07) is 9.36. The molecule has 4 aromatic heterocycles. The van der Waals surface area contributed by atoms with Crippen molar-refractivity contribution in [2.45, 2.75) is 26.4 Å². The van der Waals surface area contributed by atoms with Gasteiger partial charge in [0.25, 0.3) is 0 Å². The number of amides is 1. The molecule has 5 aromatic rings. The average molecular weight is 439 g/mol. The molecule has 9 heteroatoms. The summed E-state index contributed by atoms with van der Waals surface area (Å²) in [6.45, 7) is 4.14. The molecule has 0 fully saturated rings. The number of hydrogen-bond acceptors (Lipinski definition) is 6. The van der Waals surface area contributed by atoms with E-state index in [0.717, 1.165) is 11.0 Å². The minimum Gasteiger partial charge on any atom is -0.329 e. The van der Waals surface area contributed by atoms with Crippen molar-refractivity contribution in [2.24, 2.45) is 0 Å². The first-order chi connectivity index (χ1) is 16.0. The highest BCUT2D eigenvalue weighted by Crippen LogP contribution is 2.25. The molecular formula is C24H21N7O2. The predicted octanol–water partition coefficient (Wildman–Crippen LogP) is 3.63. The third-order valence-corrected chi connectivity index (χ3v) is 5.42. The van der Waals surface area contributed by atoms with E-state index < -0.39 is 0 Å². The summed E-state index contributed by atoms with van der Waals surface area (Å²) in [4.78, 5) is 42.8. The molecular weight excluding hydrogens is 418 g/mol. The standard InChI is InChI=1S/C24H21N7O2/c1-15(2)31-11-19(18-10-26-13-27-24(18)31)23(33)16-7-17(9-25-8-16)29-22(32)12-30-14-28-20-5-3-4-6-21(20)30/h3-11,13-15H,12H2,1-2H3,(H,29,32). The van der Waals surface area contributed by atoms with Crippen LogP contribution in [0.25, 0.3) is 22.1 Å². The zero-order chi connectivity index (χ0) is 22.9. The van der Waals surface area contributed by atoms with Crippen molar-refractivity contribution in [2.75, 3.05) is 5.32 Å². The Labute approximate surface area is 189 Å². The van der Waals surface area contributed by atoms with Crippen LogP contribution in [0.3, 0.4) is 0 Å². The molecule has 0 saturated carbocycles. The van der Waals surface area contributed by atoms with Crippen molar-refractivity contribution in [1.82, 2.24) is 29.1 Å². The van der Waals surface area contributed by atoms with Crippen LogP contribution in [0.5, 0.6) is 0 Å². The molecule has 0 bridgehead atoms. The molecule has 0 aliphatic rings. The molecule has 0 atom stereocenters. The first kappa shape index (κ1) is 20.5. The highest BCUT2D eigenvalue weighted by Gasteiger charge is 2.20. The van der Waals surface area contributed by atoms with Crippen LogP contribution >= 0.6 is 0 Å². The van der Waals surface area contributed by atoms with Gasteiger partial charge in [0.2, 0.25) is 5.91 Å². The van der Waals surface area contributed by atoms with Crippen LogP contribution in [-0.4, -0.2) is 40.8 Å². The van der Waals surface area contributed by atoms with Crippen LogP contribution in [-0.2, 0) is 11.3 Å². The molecule has 164 valence electrons. The Bertz CT molecular complexity index is 1500. The van der Waals surface area contributed by atoms with Crippen molar-refractivity contribution < 1.29 is 9.59 Å². The molecule has 0 aliphatic carbocycles. The maximum atomic E-state index is 13.3. The zero-order valence-electron chi connectivity index (χ0n) is 18.1. The number of fused-ring (bicyclic) bond motifs is 2. The smallest absolute Gasteiger partial charge is 0.244 e. The normalized spacial score (nSPS) is 11.4. The Hall–Kier alpha value is -4.40.